The molecule has 0 saturated heterocycles. The van der Waals surface area contributed by atoms with Crippen molar-refractivity contribution in [2.45, 2.75) is 34.1 Å². The van der Waals surface area contributed by atoms with Gasteiger partial charge in [0.1, 0.15) is 0 Å². The lowest BCUT2D eigenvalue weighted by Crippen LogP contribution is -2.33. The minimum Gasteiger partial charge on any atom is -0.317 e. The molecule has 17 heavy (non-hydrogen) atoms. The van der Waals surface area contributed by atoms with Gasteiger partial charge in [-0.3, -0.25) is 4.98 Å². The number of pyridine rings is 1. The van der Waals surface area contributed by atoms with Crippen LogP contribution in [0.1, 0.15) is 33.3 Å². The van der Waals surface area contributed by atoms with Gasteiger partial charge in [-0.05, 0) is 42.5 Å². The highest BCUT2D eigenvalue weighted by atomic mass is 35.5. The van der Waals surface area contributed by atoms with E-state index in [1.165, 1.54) is 5.56 Å². The summed E-state index contributed by atoms with van der Waals surface area (Å²) in [6.07, 6.45) is 4.54. The molecule has 0 spiro atoms. The van der Waals surface area contributed by atoms with Gasteiger partial charge in [0.05, 0.1) is 5.02 Å². The van der Waals surface area contributed by atoms with E-state index in [-0.39, 0.29) is 5.41 Å². The summed E-state index contributed by atoms with van der Waals surface area (Å²) in [4.78, 5) is 4.03. The lowest BCUT2D eigenvalue weighted by Gasteiger charge is -2.31. The molecule has 1 atom stereocenters. The first-order valence-electron chi connectivity index (χ1n) is 6.24. The molecule has 2 nitrogen and oxygen atoms in total. The van der Waals surface area contributed by atoms with E-state index in [4.69, 9.17) is 11.6 Å². The fourth-order valence-corrected chi connectivity index (χ4v) is 2.03. The van der Waals surface area contributed by atoms with Crippen molar-refractivity contribution in [3.05, 3.63) is 29.0 Å². The molecular weight excluding hydrogens is 232 g/mol. The zero-order valence-corrected chi connectivity index (χ0v) is 12.0. The minimum atomic E-state index is 0.273. The summed E-state index contributed by atoms with van der Waals surface area (Å²) in [5.41, 5.74) is 1.47. The van der Waals surface area contributed by atoms with Gasteiger partial charge in [0.2, 0.25) is 0 Å². The third-order valence-corrected chi connectivity index (χ3v) is 3.53. The van der Waals surface area contributed by atoms with Crippen molar-refractivity contribution in [3.63, 3.8) is 0 Å². The van der Waals surface area contributed by atoms with E-state index >= 15 is 0 Å². The second-order valence-corrected chi connectivity index (χ2v) is 5.95. The first kappa shape index (κ1) is 14.5. The molecule has 0 aliphatic carbocycles. The Hall–Kier alpha value is -0.600. The molecule has 0 radical (unpaired) electrons. The molecular formula is C14H23ClN2. The predicted molar refractivity (Wildman–Crippen MR) is 74.4 cm³/mol. The Kier molecular flexibility index (Phi) is 5.41. The Morgan fingerprint density at radius 2 is 2.12 bits per heavy atom. The van der Waals surface area contributed by atoms with Crippen LogP contribution in [0, 0.1) is 11.3 Å². The quantitative estimate of drug-likeness (QED) is 0.869. The van der Waals surface area contributed by atoms with Gasteiger partial charge in [-0.25, -0.2) is 0 Å². The number of nitrogens with one attached hydrogen (secondary N) is 1. The number of hydrogen-bond acceptors (Lipinski definition) is 2. The highest BCUT2D eigenvalue weighted by molar-refractivity contribution is 6.31. The second-order valence-electron chi connectivity index (χ2n) is 5.54. The van der Waals surface area contributed by atoms with E-state index in [1.54, 1.807) is 6.20 Å². The zero-order chi connectivity index (χ0) is 12.9. The molecule has 0 aliphatic heterocycles. The molecule has 1 unspecified atom stereocenters. The van der Waals surface area contributed by atoms with Gasteiger partial charge >= 0.3 is 0 Å². The van der Waals surface area contributed by atoms with Crippen LogP contribution in [0.15, 0.2) is 18.5 Å². The molecule has 1 aromatic rings. The Labute approximate surface area is 110 Å². The van der Waals surface area contributed by atoms with E-state index in [0.29, 0.717) is 5.92 Å². The smallest absolute Gasteiger partial charge is 0.0621 e. The van der Waals surface area contributed by atoms with Crippen LogP contribution < -0.4 is 5.32 Å². The summed E-state index contributed by atoms with van der Waals surface area (Å²) in [5, 5.41) is 4.21. The van der Waals surface area contributed by atoms with Crippen LogP contribution in [-0.2, 0) is 6.42 Å². The molecule has 0 saturated carbocycles. The van der Waals surface area contributed by atoms with Crippen LogP contribution in [-0.4, -0.2) is 18.1 Å². The number of rotatable bonds is 5. The maximum Gasteiger partial charge on any atom is 0.0621 e. The van der Waals surface area contributed by atoms with Crippen LogP contribution in [0.25, 0.3) is 0 Å². The number of aromatic nitrogens is 1. The standard InChI is InChI=1S/C14H23ClN2/c1-5-16-9-12(14(2,3)4)8-11-6-7-17-10-13(11)15/h6-7,10,12,16H,5,8-9H2,1-4H3. The molecule has 1 N–H and O–H groups in total. The first-order chi connectivity index (χ1) is 7.95. The largest absolute Gasteiger partial charge is 0.317 e. The molecule has 1 aromatic heterocycles. The summed E-state index contributed by atoms with van der Waals surface area (Å²) in [6, 6.07) is 2.02. The monoisotopic (exact) mass is 254 g/mol. The van der Waals surface area contributed by atoms with E-state index in [0.717, 1.165) is 24.5 Å². The van der Waals surface area contributed by atoms with E-state index in [9.17, 15) is 0 Å². The third kappa shape index (κ3) is 4.64. The van der Waals surface area contributed by atoms with Crippen molar-refractivity contribution in [1.29, 1.82) is 0 Å². The van der Waals surface area contributed by atoms with Crippen LogP contribution in [0.3, 0.4) is 0 Å². The molecule has 0 fully saturated rings. The van der Waals surface area contributed by atoms with E-state index in [2.05, 4.69) is 38.0 Å². The molecule has 0 aromatic carbocycles. The lowest BCUT2D eigenvalue weighted by atomic mass is 9.77. The van der Waals surface area contributed by atoms with Crippen molar-refractivity contribution >= 4 is 11.6 Å². The average molecular weight is 255 g/mol. The topological polar surface area (TPSA) is 24.9 Å². The minimum absolute atomic E-state index is 0.273. The van der Waals surface area contributed by atoms with Crippen LogP contribution in [0.5, 0.6) is 0 Å². The predicted octanol–water partition coefficient (Wildman–Crippen LogP) is 3.55. The maximum atomic E-state index is 6.17. The van der Waals surface area contributed by atoms with E-state index in [1.807, 2.05) is 12.3 Å². The summed E-state index contributed by atoms with van der Waals surface area (Å²) in [7, 11) is 0. The van der Waals surface area contributed by atoms with Gasteiger partial charge in [-0.2, -0.15) is 0 Å². The van der Waals surface area contributed by atoms with Crippen LogP contribution in [0.4, 0.5) is 0 Å². The van der Waals surface area contributed by atoms with Crippen molar-refractivity contribution in [1.82, 2.24) is 10.3 Å². The van der Waals surface area contributed by atoms with Crippen molar-refractivity contribution in [3.8, 4) is 0 Å². The fourth-order valence-electron chi connectivity index (χ4n) is 1.84. The summed E-state index contributed by atoms with van der Waals surface area (Å²) < 4.78 is 0. The maximum absolute atomic E-state index is 6.17. The molecule has 3 heteroatoms. The van der Waals surface area contributed by atoms with Gasteiger partial charge in [0, 0.05) is 12.4 Å². The van der Waals surface area contributed by atoms with Crippen LogP contribution >= 0.6 is 11.6 Å². The molecule has 0 aliphatic rings. The normalized spacial score (nSPS) is 13.7. The molecule has 96 valence electrons. The average Bonchev–Trinajstić information content (AvgIpc) is 2.25. The molecule has 1 heterocycles. The first-order valence-corrected chi connectivity index (χ1v) is 6.62. The summed E-state index contributed by atoms with van der Waals surface area (Å²) in [5.74, 6) is 0.572. The van der Waals surface area contributed by atoms with E-state index < -0.39 is 0 Å². The SMILES string of the molecule is CCNCC(Cc1ccncc1Cl)C(C)(C)C. The fraction of sp³-hybridized carbons (Fsp3) is 0.643. The Bertz CT molecular complexity index is 344. The van der Waals surface area contributed by atoms with Gasteiger partial charge in [-0.1, -0.05) is 39.3 Å². The molecule has 0 amide bonds. The van der Waals surface area contributed by atoms with Gasteiger partial charge < -0.3 is 5.32 Å². The Balaban J connectivity index is 2.76. The Morgan fingerprint density at radius 3 is 2.65 bits per heavy atom. The highest BCUT2D eigenvalue weighted by Crippen LogP contribution is 2.30. The zero-order valence-electron chi connectivity index (χ0n) is 11.3. The van der Waals surface area contributed by atoms with Gasteiger partial charge in [0.25, 0.3) is 0 Å². The number of nitrogens with zero attached hydrogens (tertiary/aromatic N) is 1. The molecule has 0 bridgehead atoms. The van der Waals surface area contributed by atoms with Gasteiger partial charge in [-0.15, -0.1) is 0 Å². The summed E-state index contributed by atoms with van der Waals surface area (Å²) >= 11 is 6.17. The number of halogens is 1. The van der Waals surface area contributed by atoms with Crippen molar-refractivity contribution in [2.24, 2.45) is 11.3 Å². The van der Waals surface area contributed by atoms with Crippen molar-refractivity contribution < 1.29 is 0 Å². The lowest BCUT2D eigenvalue weighted by molar-refractivity contribution is 0.232. The second kappa shape index (κ2) is 6.36. The van der Waals surface area contributed by atoms with Gasteiger partial charge in [0.15, 0.2) is 0 Å². The van der Waals surface area contributed by atoms with Crippen LogP contribution in [0.2, 0.25) is 5.02 Å². The summed E-state index contributed by atoms with van der Waals surface area (Å²) in [6.45, 7) is 11.0. The Morgan fingerprint density at radius 1 is 1.41 bits per heavy atom. The van der Waals surface area contributed by atoms with Crippen molar-refractivity contribution in [2.75, 3.05) is 13.1 Å². The highest BCUT2D eigenvalue weighted by Gasteiger charge is 2.24. The number of hydrogen-bond donors (Lipinski definition) is 1. The third-order valence-electron chi connectivity index (χ3n) is 3.19. The molecule has 1 rings (SSSR count).